The number of carbonyl (C=O) groups is 1. The van der Waals surface area contributed by atoms with Crippen molar-refractivity contribution in [2.45, 2.75) is 12.5 Å². The highest BCUT2D eigenvalue weighted by atomic mass is 35.5. The summed E-state index contributed by atoms with van der Waals surface area (Å²) in [5.41, 5.74) is 0.824. The molecule has 1 aliphatic rings. The average Bonchev–Trinajstić information content (AvgIpc) is 3.09. The molecule has 1 atom stereocenters. The highest BCUT2D eigenvalue weighted by Crippen LogP contribution is 2.20. The molecule has 1 saturated heterocycles. The summed E-state index contributed by atoms with van der Waals surface area (Å²) in [5, 5.41) is 0.624. The second kappa shape index (κ2) is 8.19. The number of hydrogen-bond acceptors (Lipinski definition) is 5. The first-order valence-corrected chi connectivity index (χ1v) is 8.78. The Kier molecular flexibility index (Phi) is 5.73. The third kappa shape index (κ3) is 4.52. The number of aromatic nitrogens is 2. The molecule has 1 aromatic carbocycles. The van der Waals surface area contributed by atoms with Crippen molar-refractivity contribution >= 4 is 29.4 Å². The number of amides is 1. The Morgan fingerprint density at radius 2 is 2.15 bits per heavy atom. The second-order valence-corrected chi connectivity index (χ2v) is 6.68. The van der Waals surface area contributed by atoms with E-state index in [-0.39, 0.29) is 12.0 Å². The van der Waals surface area contributed by atoms with Gasteiger partial charge in [-0.1, -0.05) is 29.8 Å². The van der Waals surface area contributed by atoms with E-state index < -0.39 is 0 Å². The molecule has 6 nitrogen and oxygen atoms in total. The van der Waals surface area contributed by atoms with Gasteiger partial charge in [-0.3, -0.25) is 9.78 Å². The Hall–Kier alpha value is -2.60. The molecule has 2 heterocycles. The van der Waals surface area contributed by atoms with Crippen molar-refractivity contribution in [1.29, 1.82) is 0 Å². The number of hydrogen-bond donors (Lipinski definition) is 0. The van der Waals surface area contributed by atoms with Gasteiger partial charge in [0.25, 0.3) is 0 Å². The summed E-state index contributed by atoms with van der Waals surface area (Å²) in [4.78, 5) is 24.5. The highest BCUT2D eigenvalue weighted by molar-refractivity contribution is 6.32. The maximum atomic E-state index is 12.4. The van der Waals surface area contributed by atoms with Crippen molar-refractivity contribution in [2.24, 2.45) is 0 Å². The van der Waals surface area contributed by atoms with Crippen LogP contribution in [0.4, 0.5) is 5.82 Å². The van der Waals surface area contributed by atoms with Crippen molar-refractivity contribution in [3.63, 3.8) is 0 Å². The van der Waals surface area contributed by atoms with E-state index >= 15 is 0 Å². The molecule has 0 bridgehead atoms. The van der Waals surface area contributed by atoms with Crippen LogP contribution in [0.25, 0.3) is 6.08 Å². The summed E-state index contributed by atoms with van der Waals surface area (Å²) in [6, 6.07) is 7.42. The fourth-order valence-corrected chi connectivity index (χ4v) is 2.88. The molecule has 0 spiro atoms. The van der Waals surface area contributed by atoms with Crippen LogP contribution in [0.1, 0.15) is 12.0 Å². The zero-order valence-corrected chi connectivity index (χ0v) is 15.6. The van der Waals surface area contributed by atoms with Crippen molar-refractivity contribution < 1.29 is 9.53 Å². The Balaban J connectivity index is 1.57. The minimum atomic E-state index is -0.0839. The normalized spacial score (nSPS) is 16.9. The Bertz CT molecular complexity index is 810. The zero-order chi connectivity index (χ0) is 18.5. The zero-order valence-electron chi connectivity index (χ0n) is 14.8. The van der Waals surface area contributed by atoms with Gasteiger partial charge in [-0.25, -0.2) is 0 Å². The van der Waals surface area contributed by atoms with E-state index in [1.807, 2.05) is 37.2 Å². The van der Waals surface area contributed by atoms with E-state index in [0.717, 1.165) is 17.8 Å². The van der Waals surface area contributed by atoms with Crippen LogP contribution in [0.15, 0.2) is 42.7 Å². The number of halogens is 1. The number of benzene rings is 1. The maximum Gasteiger partial charge on any atom is 0.246 e. The summed E-state index contributed by atoms with van der Waals surface area (Å²) in [5.74, 6) is 1.15. The Morgan fingerprint density at radius 1 is 1.35 bits per heavy atom. The van der Waals surface area contributed by atoms with Gasteiger partial charge in [-0.15, -0.1) is 0 Å². The largest absolute Gasteiger partial charge is 0.471 e. The summed E-state index contributed by atoms with van der Waals surface area (Å²) in [7, 11) is 3.80. The fraction of sp³-hybridized carbons (Fsp3) is 0.316. The van der Waals surface area contributed by atoms with Gasteiger partial charge >= 0.3 is 0 Å². The van der Waals surface area contributed by atoms with Gasteiger partial charge in [0, 0.05) is 38.2 Å². The van der Waals surface area contributed by atoms with Gasteiger partial charge in [-0.2, -0.15) is 4.98 Å². The molecule has 1 amide bonds. The van der Waals surface area contributed by atoms with E-state index in [9.17, 15) is 4.79 Å². The molecule has 1 unspecified atom stereocenters. The van der Waals surface area contributed by atoms with Gasteiger partial charge < -0.3 is 14.5 Å². The first-order chi connectivity index (χ1) is 12.5. The first-order valence-electron chi connectivity index (χ1n) is 8.40. The van der Waals surface area contributed by atoms with Crippen LogP contribution in [0.5, 0.6) is 5.88 Å². The lowest BCUT2D eigenvalue weighted by Crippen LogP contribution is -2.29. The molecule has 3 rings (SSSR count). The molecule has 0 radical (unpaired) electrons. The molecule has 136 valence electrons. The quantitative estimate of drug-likeness (QED) is 0.755. The van der Waals surface area contributed by atoms with Gasteiger partial charge in [0.1, 0.15) is 6.10 Å². The summed E-state index contributed by atoms with van der Waals surface area (Å²) < 4.78 is 5.89. The van der Waals surface area contributed by atoms with Gasteiger partial charge in [0.2, 0.25) is 11.8 Å². The Labute approximate surface area is 158 Å². The van der Waals surface area contributed by atoms with Crippen LogP contribution in [0.2, 0.25) is 5.02 Å². The number of ether oxygens (including phenoxy) is 1. The topological polar surface area (TPSA) is 58.6 Å². The lowest BCUT2D eigenvalue weighted by Gasteiger charge is -2.16. The highest BCUT2D eigenvalue weighted by Gasteiger charge is 2.27. The van der Waals surface area contributed by atoms with Crippen LogP contribution in [-0.2, 0) is 4.79 Å². The van der Waals surface area contributed by atoms with Gasteiger partial charge in [-0.05, 0) is 17.7 Å². The fourth-order valence-electron chi connectivity index (χ4n) is 2.68. The van der Waals surface area contributed by atoms with E-state index in [4.69, 9.17) is 16.3 Å². The molecule has 1 aliphatic heterocycles. The molecule has 0 aliphatic carbocycles. The molecular formula is C19H21ClN4O2. The molecule has 0 N–H and O–H groups in total. The lowest BCUT2D eigenvalue weighted by atomic mass is 10.2. The standard InChI is InChI=1S/C19H21ClN4O2/c1-23(2)17-11-21-12-18(22-17)26-15-9-10-24(13-15)19(25)8-7-14-5-3-4-6-16(14)20/h3-8,11-12,15H,9-10,13H2,1-2H3/b8-7+. The third-order valence-corrected chi connectivity index (χ3v) is 4.46. The van der Waals surface area contributed by atoms with Gasteiger partial charge in [0.15, 0.2) is 5.82 Å². The predicted octanol–water partition coefficient (Wildman–Crippen LogP) is 2.89. The molecule has 26 heavy (non-hydrogen) atoms. The molecule has 7 heteroatoms. The van der Waals surface area contributed by atoms with Gasteiger partial charge in [0.05, 0.1) is 18.9 Å². The van der Waals surface area contributed by atoms with E-state index in [1.165, 1.54) is 0 Å². The number of nitrogens with zero attached hydrogens (tertiary/aromatic N) is 4. The average molecular weight is 373 g/mol. The smallest absolute Gasteiger partial charge is 0.246 e. The van der Waals surface area contributed by atoms with Crippen LogP contribution in [0, 0.1) is 0 Å². The van der Waals surface area contributed by atoms with Crippen LogP contribution in [0.3, 0.4) is 0 Å². The SMILES string of the molecule is CN(C)c1cncc(OC2CCN(C(=O)/C=C/c3ccccc3Cl)C2)n1. The van der Waals surface area contributed by atoms with Crippen LogP contribution in [-0.4, -0.2) is 54.1 Å². The van der Waals surface area contributed by atoms with Crippen molar-refractivity contribution in [3.05, 3.63) is 53.3 Å². The van der Waals surface area contributed by atoms with Crippen molar-refractivity contribution in [2.75, 3.05) is 32.1 Å². The predicted molar refractivity (Wildman–Crippen MR) is 102 cm³/mol. The number of rotatable bonds is 5. The number of anilines is 1. The number of likely N-dealkylation sites (tertiary alicyclic amines) is 1. The van der Waals surface area contributed by atoms with E-state index in [1.54, 1.807) is 35.5 Å². The monoisotopic (exact) mass is 372 g/mol. The van der Waals surface area contributed by atoms with Crippen molar-refractivity contribution in [1.82, 2.24) is 14.9 Å². The summed E-state index contributed by atoms with van der Waals surface area (Å²) in [6.07, 6.45) is 7.24. The second-order valence-electron chi connectivity index (χ2n) is 6.28. The number of carbonyl (C=O) groups excluding carboxylic acids is 1. The minimum absolute atomic E-state index is 0.0517. The van der Waals surface area contributed by atoms with E-state index in [0.29, 0.717) is 24.0 Å². The summed E-state index contributed by atoms with van der Waals surface area (Å²) in [6.45, 7) is 1.18. The molecule has 2 aromatic rings. The Morgan fingerprint density at radius 3 is 2.92 bits per heavy atom. The van der Waals surface area contributed by atoms with E-state index in [2.05, 4.69) is 9.97 Å². The first kappa shape index (κ1) is 18.2. The molecule has 1 aromatic heterocycles. The van der Waals surface area contributed by atoms with Crippen LogP contribution >= 0.6 is 11.6 Å². The lowest BCUT2D eigenvalue weighted by molar-refractivity contribution is -0.125. The third-order valence-electron chi connectivity index (χ3n) is 4.11. The van der Waals surface area contributed by atoms with Crippen molar-refractivity contribution in [3.8, 4) is 5.88 Å². The molecular weight excluding hydrogens is 352 g/mol. The molecule has 0 saturated carbocycles. The van der Waals surface area contributed by atoms with Crippen LogP contribution < -0.4 is 9.64 Å². The maximum absolute atomic E-state index is 12.4. The summed E-state index contributed by atoms with van der Waals surface area (Å²) >= 11 is 6.10. The molecule has 1 fully saturated rings. The minimum Gasteiger partial charge on any atom is -0.471 e.